The molecule has 0 fully saturated rings. The lowest BCUT2D eigenvalue weighted by Gasteiger charge is -2.23. The summed E-state index contributed by atoms with van der Waals surface area (Å²) in [6.07, 6.45) is 0. The van der Waals surface area contributed by atoms with Crippen LogP contribution in [0.3, 0.4) is 0 Å². The zero-order valence-corrected chi connectivity index (χ0v) is 12.3. The van der Waals surface area contributed by atoms with E-state index >= 15 is 0 Å². The summed E-state index contributed by atoms with van der Waals surface area (Å²) in [5.74, 6) is 0.799. The van der Waals surface area contributed by atoms with Crippen molar-refractivity contribution in [1.29, 1.82) is 0 Å². The van der Waals surface area contributed by atoms with Gasteiger partial charge in [-0.25, -0.2) is 8.42 Å². The molecule has 0 radical (unpaired) electrons. The van der Waals surface area contributed by atoms with E-state index in [1.165, 1.54) is 39.5 Å². The molecule has 1 unspecified atom stereocenters. The highest BCUT2D eigenvalue weighted by molar-refractivity contribution is 7.89. The van der Waals surface area contributed by atoms with E-state index in [0.717, 1.165) is 4.31 Å². The molecule has 0 aliphatic heterocycles. The quantitative estimate of drug-likeness (QED) is 0.834. The van der Waals surface area contributed by atoms with Gasteiger partial charge in [0.2, 0.25) is 10.0 Å². The number of aliphatic hydroxyl groups excluding tert-OH is 1. The standard InChI is InChI=1S/C12H19NO5S/c1-9(8-14)13(2)19(15,16)10-5-6-11(17-3)12(7-10)18-4/h5-7,9,14H,8H2,1-4H3. The normalized spacial score (nSPS) is 13.4. The SMILES string of the molecule is COc1ccc(S(=O)(=O)N(C)C(C)CO)cc1OC. The Balaban J connectivity index is 3.22. The van der Waals surface area contributed by atoms with E-state index in [1.807, 2.05) is 0 Å². The van der Waals surface area contributed by atoms with Crippen molar-refractivity contribution in [3.05, 3.63) is 18.2 Å². The Kier molecular flexibility index (Phi) is 5.16. The van der Waals surface area contributed by atoms with Gasteiger partial charge in [-0.3, -0.25) is 0 Å². The molecule has 1 N–H and O–H groups in total. The summed E-state index contributed by atoms with van der Waals surface area (Å²) in [5, 5.41) is 9.05. The predicted octanol–water partition coefficient (Wildman–Crippen LogP) is 0.705. The number of aliphatic hydroxyl groups is 1. The van der Waals surface area contributed by atoms with Gasteiger partial charge in [0.25, 0.3) is 0 Å². The highest BCUT2D eigenvalue weighted by atomic mass is 32.2. The van der Waals surface area contributed by atoms with Crippen LogP contribution in [-0.2, 0) is 10.0 Å². The summed E-state index contributed by atoms with van der Waals surface area (Å²) in [6, 6.07) is 3.87. The van der Waals surface area contributed by atoms with Crippen LogP contribution in [-0.4, -0.2) is 51.7 Å². The molecule has 1 rings (SSSR count). The zero-order chi connectivity index (χ0) is 14.6. The number of benzene rings is 1. The second-order valence-corrected chi connectivity index (χ2v) is 6.07. The monoisotopic (exact) mass is 289 g/mol. The van der Waals surface area contributed by atoms with Crippen LogP contribution in [0.2, 0.25) is 0 Å². The molecule has 1 atom stereocenters. The van der Waals surface area contributed by atoms with Crippen molar-refractivity contribution >= 4 is 10.0 Å². The lowest BCUT2D eigenvalue weighted by Crippen LogP contribution is -2.37. The summed E-state index contributed by atoms with van der Waals surface area (Å²) in [4.78, 5) is 0.0907. The second-order valence-electron chi connectivity index (χ2n) is 4.07. The first kappa shape index (κ1) is 15.7. The number of likely N-dealkylation sites (N-methyl/N-ethyl adjacent to an activating group) is 1. The van der Waals surface area contributed by atoms with Gasteiger partial charge < -0.3 is 14.6 Å². The number of nitrogens with zero attached hydrogens (tertiary/aromatic N) is 1. The molecule has 7 heteroatoms. The number of sulfonamides is 1. The van der Waals surface area contributed by atoms with Crippen molar-refractivity contribution < 1.29 is 23.0 Å². The Bertz CT molecular complexity index is 529. The first-order valence-corrected chi connectivity index (χ1v) is 7.13. The molecule has 0 heterocycles. The molecule has 0 bridgehead atoms. The smallest absolute Gasteiger partial charge is 0.243 e. The van der Waals surface area contributed by atoms with E-state index in [-0.39, 0.29) is 11.5 Å². The van der Waals surface area contributed by atoms with Crippen molar-refractivity contribution in [3.63, 3.8) is 0 Å². The second kappa shape index (κ2) is 6.23. The van der Waals surface area contributed by atoms with Crippen LogP contribution in [0, 0.1) is 0 Å². The molecule has 1 aromatic rings. The van der Waals surface area contributed by atoms with Gasteiger partial charge in [0.1, 0.15) is 0 Å². The molecule has 6 nitrogen and oxygen atoms in total. The topological polar surface area (TPSA) is 76.1 Å². The molecule has 108 valence electrons. The molecule has 0 aromatic heterocycles. The fourth-order valence-corrected chi connectivity index (χ4v) is 2.86. The van der Waals surface area contributed by atoms with Gasteiger partial charge in [-0.05, 0) is 19.1 Å². The Morgan fingerprint density at radius 2 is 1.84 bits per heavy atom. The van der Waals surface area contributed by atoms with E-state index in [2.05, 4.69) is 0 Å². The highest BCUT2D eigenvalue weighted by Gasteiger charge is 2.26. The van der Waals surface area contributed by atoms with E-state index in [4.69, 9.17) is 14.6 Å². The van der Waals surface area contributed by atoms with Crippen molar-refractivity contribution in [3.8, 4) is 11.5 Å². The van der Waals surface area contributed by atoms with Gasteiger partial charge >= 0.3 is 0 Å². The van der Waals surface area contributed by atoms with E-state index in [0.29, 0.717) is 11.5 Å². The molecule has 0 aliphatic rings. The summed E-state index contributed by atoms with van der Waals surface area (Å²) < 4.78 is 35.9. The van der Waals surface area contributed by atoms with E-state index < -0.39 is 16.1 Å². The molecule has 0 saturated carbocycles. The fraction of sp³-hybridized carbons (Fsp3) is 0.500. The third-order valence-electron chi connectivity index (χ3n) is 2.92. The van der Waals surface area contributed by atoms with Crippen molar-refractivity contribution in [1.82, 2.24) is 4.31 Å². The average Bonchev–Trinajstić information content (AvgIpc) is 2.44. The number of methoxy groups -OCH3 is 2. The first-order valence-electron chi connectivity index (χ1n) is 5.69. The number of rotatable bonds is 6. The van der Waals surface area contributed by atoms with Crippen LogP contribution in [0.1, 0.15) is 6.92 Å². The summed E-state index contributed by atoms with van der Waals surface area (Å²) in [7, 11) is 0.670. The number of hydrogen-bond acceptors (Lipinski definition) is 5. The van der Waals surface area contributed by atoms with Gasteiger partial charge in [0, 0.05) is 19.2 Å². The molecule has 0 saturated heterocycles. The Morgan fingerprint density at radius 3 is 2.32 bits per heavy atom. The Morgan fingerprint density at radius 1 is 1.26 bits per heavy atom. The Hall–Kier alpha value is -1.31. The summed E-state index contributed by atoms with van der Waals surface area (Å²) >= 11 is 0. The molecule has 0 spiro atoms. The maximum absolute atomic E-state index is 12.3. The molecule has 0 amide bonds. The minimum atomic E-state index is -3.67. The third-order valence-corrected chi connectivity index (χ3v) is 4.88. The maximum atomic E-state index is 12.3. The van der Waals surface area contributed by atoms with Crippen molar-refractivity contribution in [2.45, 2.75) is 17.9 Å². The minimum Gasteiger partial charge on any atom is -0.493 e. The molecular weight excluding hydrogens is 270 g/mol. The first-order chi connectivity index (χ1) is 8.88. The predicted molar refractivity (Wildman–Crippen MR) is 71.0 cm³/mol. The lowest BCUT2D eigenvalue weighted by molar-refractivity contribution is 0.214. The molecule has 19 heavy (non-hydrogen) atoms. The molecular formula is C12H19NO5S. The number of ether oxygens (including phenoxy) is 2. The average molecular weight is 289 g/mol. The van der Waals surface area contributed by atoms with Crippen LogP contribution >= 0.6 is 0 Å². The van der Waals surface area contributed by atoms with Gasteiger partial charge in [-0.1, -0.05) is 0 Å². The lowest BCUT2D eigenvalue weighted by atomic mass is 10.3. The summed E-state index contributed by atoms with van der Waals surface area (Å²) in [5.41, 5.74) is 0. The van der Waals surface area contributed by atoms with E-state index in [1.54, 1.807) is 6.92 Å². The van der Waals surface area contributed by atoms with Crippen LogP contribution in [0.5, 0.6) is 11.5 Å². The largest absolute Gasteiger partial charge is 0.493 e. The molecule has 1 aromatic carbocycles. The minimum absolute atomic E-state index is 0.0907. The van der Waals surface area contributed by atoms with Gasteiger partial charge in [-0.2, -0.15) is 4.31 Å². The number of hydrogen-bond donors (Lipinski definition) is 1. The zero-order valence-electron chi connectivity index (χ0n) is 11.5. The Labute approximate surface area is 113 Å². The van der Waals surface area contributed by atoms with Gasteiger partial charge in [-0.15, -0.1) is 0 Å². The van der Waals surface area contributed by atoms with E-state index in [9.17, 15) is 8.42 Å². The highest BCUT2D eigenvalue weighted by Crippen LogP contribution is 2.30. The van der Waals surface area contributed by atoms with Crippen molar-refractivity contribution in [2.24, 2.45) is 0 Å². The van der Waals surface area contributed by atoms with Crippen LogP contribution in [0.25, 0.3) is 0 Å². The fourth-order valence-electron chi connectivity index (χ4n) is 1.50. The maximum Gasteiger partial charge on any atom is 0.243 e. The van der Waals surface area contributed by atoms with Gasteiger partial charge in [0.05, 0.1) is 25.7 Å². The van der Waals surface area contributed by atoms with Crippen LogP contribution in [0.15, 0.2) is 23.1 Å². The third kappa shape index (κ3) is 3.17. The van der Waals surface area contributed by atoms with Crippen molar-refractivity contribution in [2.75, 3.05) is 27.9 Å². The van der Waals surface area contributed by atoms with Crippen LogP contribution in [0.4, 0.5) is 0 Å². The van der Waals surface area contributed by atoms with Crippen LogP contribution < -0.4 is 9.47 Å². The van der Waals surface area contributed by atoms with Gasteiger partial charge in [0.15, 0.2) is 11.5 Å². The molecule has 0 aliphatic carbocycles. The summed E-state index contributed by atoms with van der Waals surface area (Å²) in [6.45, 7) is 1.38.